The third-order valence-corrected chi connectivity index (χ3v) is 8.38. The molecule has 0 saturated carbocycles. The summed E-state index contributed by atoms with van der Waals surface area (Å²) in [6.07, 6.45) is 13.8. The number of hydrogen-bond donors (Lipinski definition) is 3. The van der Waals surface area contributed by atoms with Gasteiger partial charge in [-0.3, -0.25) is 0 Å². The van der Waals surface area contributed by atoms with Gasteiger partial charge >= 0.3 is 117 Å². The Balaban J connectivity index is 1.66. The van der Waals surface area contributed by atoms with E-state index in [4.69, 9.17) is 0 Å². The minimum absolute atomic E-state index is 0.690. The van der Waals surface area contributed by atoms with Gasteiger partial charge in [0, 0.05) is 0 Å². The van der Waals surface area contributed by atoms with E-state index in [1.54, 1.807) is 0 Å². The molecule has 2 aliphatic heterocycles. The van der Waals surface area contributed by atoms with Crippen LogP contribution in [0.5, 0.6) is 0 Å². The molecule has 0 aromatic heterocycles. The van der Waals surface area contributed by atoms with Crippen LogP contribution in [0, 0.1) is 0 Å². The Morgan fingerprint density at radius 1 is 0.947 bits per heavy atom. The first-order chi connectivity index (χ1) is 9.39. The number of rotatable bonds is 2. The number of hydrogen-bond acceptors (Lipinski definition) is 4. The van der Waals surface area contributed by atoms with E-state index in [0.29, 0.717) is 6.04 Å². The molecule has 0 spiro atoms. The van der Waals surface area contributed by atoms with E-state index < -0.39 is 7.87 Å². The van der Waals surface area contributed by atoms with Crippen LogP contribution in [0.1, 0.15) is 44.9 Å². The first-order valence-corrected chi connectivity index (χ1v) is 10.0. The summed E-state index contributed by atoms with van der Waals surface area (Å²) in [6.45, 7) is 4.89. The molecule has 1 atom stereocenters. The van der Waals surface area contributed by atoms with Crippen molar-refractivity contribution in [2.45, 2.75) is 51.0 Å². The molecule has 110 valence electrons. The number of nitrogens with zero attached hydrogens (tertiary/aromatic N) is 1. The summed E-state index contributed by atoms with van der Waals surface area (Å²) in [5, 5.41) is 11.7. The summed E-state index contributed by atoms with van der Waals surface area (Å²) in [5.74, 6) is 0. The molecule has 0 aromatic carbocycles. The summed E-state index contributed by atoms with van der Waals surface area (Å²) in [7, 11) is -1.77. The fraction of sp³-hybridized carbons (Fsp3) is 0.857. The zero-order valence-electron chi connectivity index (χ0n) is 12.0. The molecule has 1 aliphatic carbocycles. The fourth-order valence-corrected chi connectivity index (χ4v) is 7.51. The average Bonchev–Trinajstić information content (AvgIpc) is 2.42. The Kier molecular flexibility index (Phi) is 4.88. The molecule has 2 heterocycles. The second-order valence-electron chi connectivity index (χ2n) is 6.08. The van der Waals surface area contributed by atoms with E-state index in [1.807, 2.05) is 0 Å². The van der Waals surface area contributed by atoms with Crippen molar-refractivity contribution in [1.29, 1.82) is 0 Å². The van der Waals surface area contributed by atoms with Gasteiger partial charge in [0.1, 0.15) is 0 Å². The van der Waals surface area contributed by atoms with Crippen molar-refractivity contribution < 1.29 is 0 Å². The van der Waals surface area contributed by atoms with E-state index in [1.165, 1.54) is 71.1 Å². The molecule has 5 heteroatoms. The summed E-state index contributed by atoms with van der Waals surface area (Å²) in [5.41, 5.74) is 0. The summed E-state index contributed by atoms with van der Waals surface area (Å²) < 4.78 is 2.70. The Labute approximate surface area is 117 Å². The molecular weight excluding hydrogens is 255 g/mol. The van der Waals surface area contributed by atoms with Gasteiger partial charge < -0.3 is 0 Å². The minimum atomic E-state index is -1.77. The zero-order chi connectivity index (χ0) is 13.0. The summed E-state index contributed by atoms with van der Waals surface area (Å²) in [6, 6.07) is 0.690. The molecule has 3 rings (SSSR count). The molecule has 0 aromatic rings. The van der Waals surface area contributed by atoms with Gasteiger partial charge in [-0.15, -0.1) is 0 Å². The van der Waals surface area contributed by atoms with Crippen molar-refractivity contribution in [3.8, 4) is 0 Å². The van der Waals surface area contributed by atoms with Crippen molar-refractivity contribution in [2.75, 3.05) is 26.2 Å². The molecule has 19 heavy (non-hydrogen) atoms. The first kappa shape index (κ1) is 14.0. The van der Waals surface area contributed by atoms with Crippen LogP contribution in [0.15, 0.2) is 12.2 Å². The van der Waals surface area contributed by atoms with Gasteiger partial charge in [-0.2, -0.15) is 0 Å². The van der Waals surface area contributed by atoms with Gasteiger partial charge in [0.05, 0.1) is 0 Å². The Morgan fingerprint density at radius 2 is 1.68 bits per heavy atom. The fourth-order valence-electron chi connectivity index (χ4n) is 3.60. The van der Waals surface area contributed by atoms with Crippen LogP contribution in [0.2, 0.25) is 0 Å². The van der Waals surface area contributed by atoms with Gasteiger partial charge in [-0.25, -0.2) is 0 Å². The van der Waals surface area contributed by atoms with Crippen LogP contribution in [0.25, 0.3) is 0 Å². The van der Waals surface area contributed by atoms with Crippen LogP contribution in [-0.2, 0) is 0 Å². The first-order valence-electron chi connectivity index (χ1n) is 8.07. The third-order valence-electron chi connectivity index (χ3n) is 4.63. The van der Waals surface area contributed by atoms with Gasteiger partial charge in [0.15, 0.2) is 0 Å². The van der Waals surface area contributed by atoms with Crippen LogP contribution in [-0.4, -0.2) is 36.9 Å². The molecule has 3 aliphatic rings. The topological polar surface area (TPSA) is 39.3 Å². The van der Waals surface area contributed by atoms with E-state index in [-0.39, 0.29) is 0 Å². The Bertz CT molecular complexity index is 309. The number of allylic oxidation sites excluding steroid dienone is 2. The molecule has 2 saturated heterocycles. The van der Waals surface area contributed by atoms with Crippen LogP contribution in [0.3, 0.4) is 0 Å². The van der Waals surface area contributed by atoms with Gasteiger partial charge in [-0.05, 0) is 0 Å². The van der Waals surface area contributed by atoms with Gasteiger partial charge in [0.2, 0.25) is 0 Å². The van der Waals surface area contributed by atoms with Crippen molar-refractivity contribution in [3.05, 3.63) is 12.2 Å². The van der Waals surface area contributed by atoms with Crippen molar-refractivity contribution >= 4 is 7.87 Å². The average molecular weight is 284 g/mol. The number of fused-ring (bicyclic) bond motifs is 1. The molecule has 1 unspecified atom stereocenters. The maximum absolute atomic E-state index is 4.05. The maximum atomic E-state index is 4.05. The van der Waals surface area contributed by atoms with E-state index in [0.717, 1.165) is 0 Å². The predicted molar refractivity (Wildman–Crippen MR) is 84.3 cm³/mol. The molecule has 0 radical (unpaired) electrons. The summed E-state index contributed by atoms with van der Waals surface area (Å²) >= 11 is 0. The van der Waals surface area contributed by atoms with Crippen LogP contribution < -0.4 is 15.3 Å². The van der Waals surface area contributed by atoms with Gasteiger partial charge in [0.25, 0.3) is 0 Å². The van der Waals surface area contributed by atoms with Gasteiger partial charge in [-0.1, -0.05) is 0 Å². The molecule has 3 N–H and O–H groups in total. The Morgan fingerprint density at radius 3 is 2.47 bits per heavy atom. The van der Waals surface area contributed by atoms with E-state index >= 15 is 0 Å². The molecule has 0 amide bonds. The Hall–Kier alpha value is 0.0100. The molecular formula is C14H29N4P. The monoisotopic (exact) mass is 284 g/mol. The molecule has 4 nitrogen and oxygen atoms in total. The van der Waals surface area contributed by atoms with Crippen molar-refractivity contribution in [3.63, 3.8) is 0 Å². The standard InChI is InChI=1S/C14H29N4P/c1-2-4-8-14(9-5-3-1)17-19-15-10-6-12-18(19)13-7-11-16-19/h1-2,14-17,19H,3-13H2/b2-1-. The van der Waals surface area contributed by atoms with E-state index in [9.17, 15) is 0 Å². The van der Waals surface area contributed by atoms with Crippen molar-refractivity contribution in [1.82, 2.24) is 19.9 Å². The number of nitrogens with one attached hydrogen (secondary N) is 3. The van der Waals surface area contributed by atoms with E-state index in [2.05, 4.69) is 32.1 Å². The SMILES string of the molecule is C1=C\CCC(N[PH]23NCCCN2CCCN3)CCC/1. The summed E-state index contributed by atoms with van der Waals surface area (Å²) in [4.78, 5) is 0. The zero-order valence-corrected chi connectivity index (χ0v) is 13.0. The molecule has 0 bridgehead atoms. The normalized spacial score (nSPS) is 35.7. The van der Waals surface area contributed by atoms with Crippen LogP contribution in [0.4, 0.5) is 0 Å². The predicted octanol–water partition coefficient (Wildman–Crippen LogP) is 2.16. The third kappa shape index (κ3) is 3.37. The van der Waals surface area contributed by atoms with Crippen LogP contribution >= 0.6 is 7.87 Å². The molecule has 2 fully saturated rings. The second-order valence-corrected chi connectivity index (χ2v) is 9.13. The second kappa shape index (κ2) is 6.64. The van der Waals surface area contributed by atoms with Crippen molar-refractivity contribution in [2.24, 2.45) is 0 Å². The quantitative estimate of drug-likeness (QED) is 0.537.